The predicted octanol–water partition coefficient (Wildman–Crippen LogP) is 4.69. The molecule has 0 unspecified atom stereocenters. The molecule has 3 rings (SSSR count). The zero-order chi connectivity index (χ0) is 18.9. The molecule has 1 heterocycles. The first-order valence-electron chi connectivity index (χ1n) is 7.06. The van der Waals surface area contributed by atoms with E-state index in [2.05, 4.69) is 4.72 Å². The Bertz CT molecular complexity index is 1160. The maximum atomic E-state index is 12.8. The zero-order valence-electron chi connectivity index (χ0n) is 12.9. The second kappa shape index (κ2) is 7.21. The molecule has 0 aliphatic heterocycles. The number of thiophene rings is 1. The van der Waals surface area contributed by atoms with E-state index in [1.54, 1.807) is 18.2 Å². The van der Waals surface area contributed by atoms with Gasteiger partial charge in [0.1, 0.15) is 4.90 Å². The molecule has 1 aromatic heterocycles. The van der Waals surface area contributed by atoms with Crippen molar-refractivity contribution in [1.29, 1.82) is 0 Å². The molecule has 0 aliphatic carbocycles. The maximum absolute atomic E-state index is 12.8. The fourth-order valence-corrected chi connectivity index (χ4v) is 6.30. The molecule has 0 saturated heterocycles. The van der Waals surface area contributed by atoms with Crippen molar-refractivity contribution in [2.24, 2.45) is 0 Å². The number of hydrogen-bond acceptors (Lipinski definition) is 5. The van der Waals surface area contributed by atoms with Crippen molar-refractivity contribution in [2.45, 2.75) is 14.7 Å². The van der Waals surface area contributed by atoms with Crippen LogP contribution in [0.15, 0.2) is 74.0 Å². The van der Waals surface area contributed by atoms with Gasteiger partial charge in [-0.05, 0) is 30.3 Å². The molecule has 5 nitrogen and oxygen atoms in total. The average Bonchev–Trinajstić information content (AvgIpc) is 3.06. The zero-order valence-corrected chi connectivity index (χ0v) is 16.8. The molecule has 3 aromatic rings. The highest BCUT2D eigenvalue weighted by Gasteiger charge is 2.25. The summed E-state index contributed by atoms with van der Waals surface area (Å²) in [6.07, 6.45) is 0. The maximum Gasteiger partial charge on any atom is 0.262 e. The van der Waals surface area contributed by atoms with Crippen LogP contribution in [0.25, 0.3) is 0 Å². The summed E-state index contributed by atoms with van der Waals surface area (Å²) in [7, 11) is -7.90. The van der Waals surface area contributed by atoms with Gasteiger partial charge in [0.15, 0.2) is 0 Å². The molecule has 0 fully saturated rings. The van der Waals surface area contributed by atoms with Gasteiger partial charge in [0.05, 0.1) is 25.5 Å². The number of rotatable bonds is 5. The Kier molecular flexibility index (Phi) is 5.32. The van der Waals surface area contributed by atoms with Crippen LogP contribution in [0.4, 0.5) is 5.69 Å². The van der Waals surface area contributed by atoms with Gasteiger partial charge in [-0.15, -0.1) is 11.3 Å². The van der Waals surface area contributed by atoms with E-state index in [9.17, 15) is 16.8 Å². The third-order valence-corrected chi connectivity index (χ3v) is 8.22. The quantitative estimate of drug-likeness (QED) is 0.614. The highest BCUT2D eigenvalue weighted by molar-refractivity contribution is 7.93. The van der Waals surface area contributed by atoms with E-state index in [-0.39, 0.29) is 30.4 Å². The highest BCUT2D eigenvalue weighted by Crippen LogP contribution is 2.33. The number of benzene rings is 2. The van der Waals surface area contributed by atoms with Gasteiger partial charge in [-0.2, -0.15) is 0 Å². The van der Waals surface area contributed by atoms with Crippen molar-refractivity contribution in [1.82, 2.24) is 0 Å². The van der Waals surface area contributed by atoms with Gasteiger partial charge < -0.3 is 0 Å². The van der Waals surface area contributed by atoms with Gasteiger partial charge >= 0.3 is 0 Å². The Balaban J connectivity index is 2.00. The SMILES string of the molecule is O=S(=O)(Nc1cscc1S(=O)(=O)c1ccccc1)c1ccc(Cl)c(Cl)c1. The van der Waals surface area contributed by atoms with Crippen LogP contribution in [-0.2, 0) is 19.9 Å². The fraction of sp³-hybridized carbons (Fsp3) is 0. The lowest BCUT2D eigenvalue weighted by molar-refractivity contribution is 0.597. The lowest BCUT2D eigenvalue weighted by Gasteiger charge is -2.10. The van der Waals surface area contributed by atoms with Crippen LogP contribution in [-0.4, -0.2) is 16.8 Å². The number of nitrogens with one attached hydrogen (secondary N) is 1. The van der Waals surface area contributed by atoms with Crippen LogP contribution in [0.3, 0.4) is 0 Å². The van der Waals surface area contributed by atoms with Gasteiger partial charge in [-0.1, -0.05) is 41.4 Å². The standard InChI is InChI=1S/C16H11Cl2NO4S3/c17-13-7-6-12(8-14(13)18)26(22,23)19-15-9-24-10-16(15)25(20,21)11-4-2-1-3-5-11/h1-10,19H. The summed E-state index contributed by atoms with van der Waals surface area (Å²) >= 11 is 12.7. The van der Waals surface area contributed by atoms with Crippen molar-refractivity contribution >= 4 is 60.1 Å². The molecule has 26 heavy (non-hydrogen) atoms. The first-order chi connectivity index (χ1) is 12.2. The largest absolute Gasteiger partial charge is 0.277 e. The predicted molar refractivity (Wildman–Crippen MR) is 103 cm³/mol. The molecular weight excluding hydrogens is 437 g/mol. The van der Waals surface area contributed by atoms with E-state index >= 15 is 0 Å². The van der Waals surface area contributed by atoms with Crippen LogP contribution >= 0.6 is 34.5 Å². The van der Waals surface area contributed by atoms with Crippen molar-refractivity contribution in [3.8, 4) is 0 Å². The van der Waals surface area contributed by atoms with Crippen LogP contribution < -0.4 is 4.72 Å². The lowest BCUT2D eigenvalue weighted by Crippen LogP contribution is -2.14. The number of halogens is 2. The Labute approximate surface area is 165 Å². The summed E-state index contributed by atoms with van der Waals surface area (Å²) in [6, 6.07) is 11.6. The molecule has 10 heteroatoms. The molecule has 136 valence electrons. The molecule has 0 amide bonds. The Morgan fingerprint density at radius 2 is 1.50 bits per heavy atom. The van der Waals surface area contributed by atoms with Crippen molar-refractivity contribution in [2.75, 3.05) is 4.72 Å². The second-order valence-electron chi connectivity index (χ2n) is 5.15. The minimum atomic E-state index is -4.04. The topological polar surface area (TPSA) is 80.3 Å². The van der Waals surface area contributed by atoms with Gasteiger partial charge in [0, 0.05) is 10.8 Å². The summed E-state index contributed by atoms with van der Waals surface area (Å²) in [6.45, 7) is 0. The van der Waals surface area contributed by atoms with Crippen molar-refractivity contribution in [3.63, 3.8) is 0 Å². The third-order valence-electron chi connectivity index (χ3n) is 3.42. The van der Waals surface area contributed by atoms with Crippen molar-refractivity contribution in [3.05, 3.63) is 69.3 Å². The summed E-state index contributed by atoms with van der Waals surface area (Å²) in [5.74, 6) is 0. The van der Waals surface area contributed by atoms with Gasteiger partial charge in [-0.3, -0.25) is 4.72 Å². The van der Waals surface area contributed by atoms with Gasteiger partial charge in [0.25, 0.3) is 10.0 Å². The van der Waals surface area contributed by atoms with E-state index in [1.165, 1.54) is 41.1 Å². The van der Waals surface area contributed by atoms with E-state index < -0.39 is 19.9 Å². The summed E-state index contributed by atoms with van der Waals surface area (Å²) in [4.78, 5) is -0.160. The number of anilines is 1. The van der Waals surface area contributed by atoms with Gasteiger partial charge in [-0.25, -0.2) is 16.8 Å². The smallest absolute Gasteiger partial charge is 0.262 e. The molecule has 0 radical (unpaired) electrons. The van der Waals surface area contributed by atoms with Crippen LogP contribution in [0.2, 0.25) is 10.0 Å². The molecule has 0 saturated carbocycles. The molecule has 0 atom stereocenters. The minimum Gasteiger partial charge on any atom is -0.277 e. The molecule has 2 aromatic carbocycles. The van der Waals surface area contributed by atoms with E-state index in [0.29, 0.717) is 0 Å². The summed E-state index contributed by atoms with van der Waals surface area (Å²) < 4.78 is 53.0. The average molecular weight is 448 g/mol. The minimum absolute atomic E-state index is 0.0232. The molecular formula is C16H11Cl2NO4S3. The van der Waals surface area contributed by atoms with Crippen LogP contribution in [0, 0.1) is 0 Å². The fourth-order valence-electron chi connectivity index (χ4n) is 2.14. The summed E-state index contributed by atoms with van der Waals surface area (Å²) in [5.41, 5.74) is -0.0232. The molecule has 1 N–H and O–H groups in total. The van der Waals surface area contributed by atoms with Crippen molar-refractivity contribution < 1.29 is 16.8 Å². The number of hydrogen-bond donors (Lipinski definition) is 1. The Hall–Kier alpha value is -1.58. The molecule has 0 spiro atoms. The summed E-state index contributed by atoms with van der Waals surface area (Å²) in [5, 5.41) is 3.10. The van der Waals surface area contributed by atoms with Gasteiger partial charge in [0.2, 0.25) is 9.84 Å². The van der Waals surface area contributed by atoms with E-state index in [4.69, 9.17) is 23.2 Å². The van der Waals surface area contributed by atoms with E-state index in [0.717, 1.165) is 11.3 Å². The van der Waals surface area contributed by atoms with E-state index in [1.807, 2.05) is 0 Å². The normalized spacial score (nSPS) is 12.1. The van der Waals surface area contributed by atoms with Crippen LogP contribution in [0.5, 0.6) is 0 Å². The second-order valence-corrected chi connectivity index (χ2v) is 10.3. The molecule has 0 bridgehead atoms. The Morgan fingerprint density at radius 3 is 2.15 bits per heavy atom. The monoisotopic (exact) mass is 447 g/mol. The first-order valence-corrected chi connectivity index (χ1v) is 11.7. The molecule has 0 aliphatic rings. The highest BCUT2D eigenvalue weighted by atomic mass is 35.5. The number of sulfonamides is 1. The van der Waals surface area contributed by atoms with Crippen LogP contribution in [0.1, 0.15) is 0 Å². The third kappa shape index (κ3) is 3.74. The first kappa shape index (κ1) is 19.2. The lowest BCUT2D eigenvalue weighted by atomic mass is 10.4. The Morgan fingerprint density at radius 1 is 0.808 bits per heavy atom. The number of sulfone groups is 1.